The van der Waals surface area contributed by atoms with Gasteiger partial charge in [-0.05, 0) is 28.1 Å². The van der Waals surface area contributed by atoms with E-state index in [2.05, 4.69) is 20.9 Å². The van der Waals surface area contributed by atoms with E-state index >= 15 is 0 Å². The fourth-order valence-corrected chi connectivity index (χ4v) is 1.84. The molecule has 0 unspecified atom stereocenters. The molecule has 2 rings (SSSR count). The fourth-order valence-electron chi connectivity index (χ4n) is 1.42. The van der Waals surface area contributed by atoms with E-state index in [0.717, 1.165) is 18.5 Å². The highest BCUT2D eigenvalue weighted by Crippen LogP contribution is 2.33. The Bertz CT molecular complexity index is 592. The average molecular weight is 320 g/mol. The molecule has 2 heterocycles. The Hall–Kier alpha value is -1.63. The molecule has 0 bridgehead atoms. The summed E-state index contributed by atoms with van der Waals surface area (Å²) < 4.78 is 43.1. The summed E-state index contributed by atoms with van der Waals surface area (Å²) in [6, 6.07) is 2.06. The van der Waals surface area contributed by atoms with Crippen LogP contribution < -0.4 is 0 Å². The second-order valence-electron chi connectivity index (χ2n) is 3.36. The molecule has 0 aromatic carbocycles. The van der Waals surface area contributed by atoms with Gasteiger partial charge < -0.3 is 4.42 Å². The van der Waals surface area contributed by atoms with Crippen LogP contribution in [0.5, 0.6) is 0 Å². The Balaban J connectivity index is 2.53. The van der Waals surface area contributed by atoms with Gasteiger partial charge in [0.1, 0.15) is 0 Å². The second-order valence-corrected chi connectivity index (χ2v) is 4.08. The number of ketones is 1. The molecule has 0 saturated heterocycles. The first-order valence-electron chi connectivity index (χ1n) is 4.70. The molecule has 94 valence electrons. The highest BCUT2D eigenvalue weighted by molar-refractivity contribution is 9.10. The lowest BCUT2D eigenvalue weighted by atomic mass is 10.0. The van der Waals surface area contributed by atoms with E-state index in [-0.39, 0.29) is 10.2 Å². The predicted octanol–water partition coefficient (Wildman–Crippen LogP) is 3.69. The first-order valence-corrected chi connectivity index (χ1v) is 5.49. The number of hydrogen-bond acceptors (Lipinski definition) is 3. The van der Waals surface area contributed by atoms with Crippen LogP contribution in [0.2, 0.25) is 0 Å². The summed E-state index contributed by atoms with van der Waals surface area (Å²) in [6.45, 7) is 0. The monoisotopic (exact) mass is 319 g/mol. The first-order chi connectivity index (χ1) is 8.41. The largest absolute Gasteiger partial charge is 0.457 e. The molecule has 7 heteroatoms. The van der Waals surface area contributed by atoms with Crippen molar-refractivity contribution < 1.29 is 22.4 Å². The van der Waals surface area contributed by atoms with Gasteiger partial charge in [0.25, 0.3) is 0 Å². The summed E-state index contributed by atoms with van der Waals surface area (Å²) in [5, 5.41) is 0. The normalized spacial score (nSPS) is 11.6. The summed E-state index contributed by atoms with van der Waals surface area (Å²) in [5.74, 6) is -0.795. The number of nitrogens with zero attached hydrogens (tertiary/aromatic N) is 1. The van der Waals surface area contributed by atoms with Gasteiger partial charge in [-0.2, -0.15) is 13.2 Å². The minimum Gasteiger partial charge on any atom is -0.457 e. The number of aromatic nitrogens is 1. The molecule has 0 radical (unpaired) electrons. The predicted molar refractivity (Wildman–Crippen MR) is 59.1 cm³/mol. The lowest BCUT2D eigenvalue weighted by Crippen LogP contribution is -2.14. The lowest BCUT2D eigenvalue weighted by Gasteiger charge is -2.10. The SMILES string of the molecule is O=C(c1cnccc1C(F)(F)F)c1ccoc1Br. The maximum absolute atomic E-state index is 12.7. The second kappa shape index (κ2) is 4.56. The average Bonchev–Trinajstić information content (AvgIpc) is 2.73. The molecule has 18 heavy (non-hydrogen) atoms. The Morgan fingerprint density at radius 2 is 2.00 bits per heavy atom. The van der Waals surface area contributed by atoms with Crippen LogP contribution in [0.25, 0.3) is 0 Å². The van der Waals surface area contributed by atoms with Gasteiger partial charge in [-0.1, -0.05) is 0 Å². The smallest absolute Gasteiger partial charge is 0.417 e. The minimum absolute atomic E-state index is 0.0218. The summed E-state index contributed by atoms with van der Waals surface area (Å²) in [4.78, 5) is 15.5. The van der Waals surface area contributed by atoms with Crippen LogP contribution in [0.1, 0.15) is 21.5 Å². The zero-order chi connectivity index (χ0) is 13.3. The van der Waals surface area contributed by atoms with E-state index in [1.807, 2.05) is 0 Å². The molecule has 0 fully saturated rings. The zero-order valence-corrected chi connectivity index (χ0v) is 10.2. The van der Waals surface area contributed by atoms with Crippen molar-refractivity contribution in [3.63, 3.8) is 0 Å². The van der Waals surface area contributed by atoms with Gasteiger partial charge in [-0.3, -0.25) is 9.78 Å². The molecule has 0 aliphatic heterocycles. The maximum Gasteiger partial charge on any atom is 0.417 e. The van der Waals surface area contributed by atoms with Crippen LogP contribution in [-0.4, -0.2) is 10.8 Å². The molecule has 0 spiro atoms. The van der Waals surface area contributed by atoms with E-state index in [0.29, 0.717) is 0 Å². The van der Waals surface area contributed by atoms with E-state index in [1.165, 1.54) is 12.3 Å². The third kappa shape index (κ3) is 2.31. The van der Waals surface area contributed by atoms with Crippen molar-refractivity contribution in [3.05, 3.63) is 52.1 Å². The maximum atomic E-state index is 12.7. The van der Waals surface area contributed by atoms with Gasteiger partial charge >= 0.3 is 6.18 Å². The highest BCUT2D eigenvalue weighted by Gasteiger charge is 2.35. The van der Waals surface area contributed by atoms with E-state index in [4.69, 9.17) is 4.42 Å². The number of hydrogen-bond donors (Lipinski definition) is 0. The number of carbonyl (C=O) groups is 1. The molecular formula is C11H5BrF3NO2. The van der Waals surface area contributed by atoms with Crippen LogP contribution in [0.15, 0.2) is 39.9 Å². The number of pyridine rings is 1. The molecule has 2 aromatic rings. The van der Waals surface area contributed by atoms with Crippen molar-refractivity contribution in [2.45, 2.75) is 6.18 Å². The van der Waals surface area contributed by atoms with Gasteiger partial charge in [0.2, 0.25) is 0 Å². The van der Waals surface area contributed by atoms with Gasteiger partial charge in [0, 0.05) is 12.4 Å². The van der Waals surface area contributed by atoms with Gasteiger partial charge in [-0.25, -0.2) is 0 Å². The highest BCUT2D eigenvalue weighted by atomic mass is 79.9. The van der Waals surface area contributed by atoms with Crippen molar-refractivity contribution in [2.24, 2.45) is 0 Å². The Labute approximate surface area is 108 Å². The summed E-state index contributed by atoms with van der Waals surface area (Å²) >= 11 is 2.95. The van der Waals surface area contributed by atoms with Crippen LogP contribution in [0.3, 0.4) is 0 Å². The van der Waals surface area contributed by atoms with Crippen LogP contribution in [-0.2, 0) is 6.18 Å². The van der Waals surface area contributed by atoms with E-state index < -0.39 is 23.1 Å². The number of rotatable bonds is 2. The van der Waals surface area contributed by atoms with E-state index in [9.17, 15) is 18.0 Å². The van der Waals surface area contributed by atoms with Crippen LogP contribution >= 0.6 is 15.9 Å². The van der Waals surface area contributed by atoms with Crippen molar-refractivity contribution in [1.29, 1.82) is 0 Å². The fraction of sp³-hybridized carbons (Fsp3) is 0.0909. The zero-order valence-electron chi connectivity index (χ0n) is 8.66. The Morgan fingerprint density at radius 3 is 2.56 bits per heavy atom. The minimum atomic E-state index is -4.61. The van der Waals surface area contributed by atoms with Gasteiger partial charge in [-0.15, -0.1) is 0 Å². The standard InChI is InChI=1S/C11H5BrF3NO2/c12-10-6(2-4-18-10)9(17)7-5-16-3-1-8(7)11(13,14)15/h1-5H. The molecule has 0 saturated carbocycles. The van der Waals surface area contributed by atoms with Crippen molar-refractivity contribution in [2.75, 3.05) is 0 Å². The number of furan rings is 1. The number of carbonyl (C=O) groups excluding carboxylic acids is 1. The quantitative estimate of drug-likeness (QED) is 0.793. The molecule has 0 atom stereocenters. The van der Waals surface area contributed by atoms with Gasteiger partial charge in [0.15, 0.2) is 10.5 Å². The molecular weight excluding hydrogens is 315 g/mol. The number of alkyl halides is 3. The molecule has 2 aromatic heterocycles. The van der Waals surface area contributed by atoms with E-state index in [1.54, 1.807) is 0 Å². The summed E-state index contributed by atoms with van der Waals surface area (Å²) in [7, 11) is 0. The van der Waals surface area contributed by atoms with Crippen molar-refractivity contribution in [3.8, 4) is 0 Å². The summed E-state index contributed by atoms with van der Waals surface area (Å²) in [5.41, 5.74) is -1.50. The van der Waals surface area contributed by atoms with Crippen molar-refractivity contribution >= 4 is 21.7 Å². The van der Waals surface area contributed by atoms with Crippen LogP contribution in [0.4, 0.5) is 13.2 Å². The Kier molecular flexibility index (Phi) is 3.25. The summed E-state index contributed by atoms with van der Waals surface area (Å²) in [6.07, 6.45) is -1.51. The Morgan fingerprint density at radius 1 is 1.28 bits per heavy atom. The molecule has 3 nitrogen and oxygen atoms in total. The molecule has 0 amide bonds. The third-order valence-electron chi connectivity index (χ3n) is 2.23. The first kappa shape index (κ1) is 12.8. The molecule has 0 aliphatic carbocycles. The van der Waals surface area contributed by atoms with Gasteiger partial charge in [0.05, 0.1) is 23.0 Å². The topological polar surface area (TPSA) is 43.1 Å². The van der Waals surface area contributed by atoms with Crippen LogP contribution in [0, 0.1) is 0 Å². The lowest BCUT2D eigenvalue weighted by molar-refractivity contribution is -0.137. The third-order valence-corrected chi connectivity index (χ3v) is 2.85. The van der Waals surface area contributed by atoms with Crippen molar-refractivity contribution in [1.82, 2.24) is 4.98 Å². The molecule has 0 N–H and O–H groups in total. The number of halogens is 4. The molecule has 0 aliphatic rings.